The maximum absolute atomic E-state index is 12.8. The van der Waals surface area contributed by atoms with E-state index in [-0.39, 0.29) is 17.4 Å². The fraction of sp³-hybridized carbons (Fsp3) is 0.261. The van der Waals surface area contributed by atoms with E-state index < -0.39 is 5.56 Å². The van der Waals surface area contributed by atoms with Crippen LogP contribution in [0, 0.1) is 6.92 Å². The first-order valence-electron chi connectivity index (χ1n) is 10.1. The Hall–Kier alpha value is -3.12. The molecule has 0 aliphatic heterocycles. The highest BCUT2D eigenvalue weighted by Crippen LogP contribution is 2.42. The predicted molar refractivity (Wildman–Crippen MR) is 116 cm³/mol. The van der Waals surface area contributed by atoms with Gasteiger partial charge in [0, 0.05) is 11.1 Å². The van der Waals surface area contributed by atoms with Crippen molar-refractivity contribution >= 4 is 17.4 Å². The minimum Gasteiger partial charge on any atom is -0.487 e. The highest BCUT2D eigenvalue weighted by atomic mass is 35.5. The highest BCUT2D eigenvalue weighted by Gasteiger charge is 2.25. The van der Waals surface area contributed by atoms with Crippen molar-refractivity contribution in [3.8, 4) is 17.1 Å². The van der Waals surface area contributed by atoms with Crippen LogP contribution in [0.3, 0.4) is 0 Å². The Kier molecular flexibility index (Phi) is 4.79. The Morgan fingerprint density at radius 3 is 2.67 bits per heavy atom. The monoisotopic (exact) mass is 420 g/mol. The van der Waals surface area contributed by atoms with Gasteiger partial charge in [0.15, 0.2) is 5.82 Å². The van der Waals surface area contributed by atoms with Gasteiger partial charge >= 0.3 is 0 Å². The minimum absolute atomic E-state index is 0.0357. The zero-order valence-electron chi connectivity index (χ0n) is 16.6. The number of halogens is 1. The molecule has 7 heteroatoms. The Morgan fingerprint density at radius 2 is 1.93 bits per heavy atom. The Morgan fingerprint density at radius 1 is 1.13 bits per heavy atom. The molecular formula is C23H21ClN4O2. The van der Waals surface area contributed by atoms with Crippen molar-refractivity contribution in [3.05, 3.63) is 80.7 Å². The lowest BCUT2D eigenvalue weighted by Gasteiger charge is -2.29. The summed E-state index contributed by atoms with van der Waals surface area (Å²) in [5, 5.41) is 3.01. The Balaban J connectivity index is 1.48. The highest BCUT2D eigenvalue weighted by molar-refractivity contribution is 6.31. The van der Waals surface area contributed by atoms with E-state index in [0.717, 1.165) is 11.3 Å². The number of hydrogen-bond acceptors (Lipinski definition) is 4. The van der Waals surface area contributed by atoms with Gasteiger partial charge in [-0.05, 0) is 37.3 Å². The van der Waals surface area contributed by atoms with Crippen molar-refractivity contribution < 1.29 is 4.74 Å². The SMILES string of the molecule is Cc1cccc(OCc2nc3nc(-c4ccccc4)[nH]n3c(=O)c2Cl)c1C1CCC1. The molecule has 0 bridgehead atoms. The molecule has 0 saturated heterocycles. The van der Waals surface area contributed by atoms with Crippen molar-refractivity contribution in [2.45, 2.75) is 38.7 Å². The average Bonchev–Trinajstić information content (AvgIpc) is 3.15. The van der Waals surface area contributed by atoms with Crippen LogP contribution in [0.2, 0.25) is 5.02 Å². The quantitative estimate of drug-likeness (QED) is 0.498. The number of nitrogens with one attached hydrogen (secondary N) is 1. The lowest BCUT2D eigenvalue weighted by molar-refractivity contribution is 0.289. The zero-order chi connectivity index (χ0) is 20.7. The van der Waals surface area contributed by atoms with Gasteiger partial charge < -0.3 is 4.74 Å². The molecule has 1 aliphatic rings. The lowest BCUT2D eigenvalue weighted by Crippen LogP contribution is -2.19. The molecule has 0 unspecified atom stereocenters. The number of rotatable bonds is 5. The second-order valence-corrected chi connectivity index (χ2v) is 8.03. The molecule has 0 atom stereocenters. The summed E-state index contributed by atoms with van der Waals surface area (Å²) in [6.07, 6.45) is 3.62. The molecule has 2 aromatic carbocycles. The van der Waals surface area contributed by atoms with Gasteiger partial charge in [0.05, 0.1) is 0 Å². The standard InChI is InChI=1S/C23H21ClN4O2/c1-14-7-5-12-18(19(14)15-10-6-11-15)30-13-17-20(24)22(29)28-23(25-17)26-21(27-28)16-8-3-2-4-9-16/h2-5,7-9,12,15H,6,10-11,13H2,1H3,(H,25,26,27). The van der Waals surface area contributed by atoms with Crippen LogP contribution in [-0.4, -0.2) is 19.6 Å². The van der Waals surface area contributed by atoms with Crippen molar-refractivity contribution in [3.63, 3.8) is 0 Å². The summed E-state index contributed by atoms with van der Waals surface area (Å²) in [7, 11) is 0. The van der Waals surface area contributed by atoms with Crippen LogP contribution in [0.15, 0.2) is 53.3 Å². The van der Waals surface area contributed by atoms with Gasteiger partial charge in [0.2, 0.25) is 0 Å². The van der Waals surface area contributed by atoms with E-state index in [9.17, 15) is 4.79 Å². The molecule has 152 valence electrons. The summed E-state index contributed by atoms with van der Waals surface area (Å²) in [6.45, 7) is 2.22. The van der Waals surface area contributed by atoms with Crippen LogP contribution in [0.25, 0.3) is 17.2 Å². The summed E-state index contributed by atoms with van der Waals surface area (Å²) in [4.78, 5) is 21.7. The topological polar surface area (TPSA) is 72.3 Å². The number of ether oxygens (including phenoxy) is 1. The van der Waals surface area contributed by atoms with Crippen LogP contribution in [0.1, 0.15) is 42.0 Å². The van der Waals surface area contributed by atoms with E-state index in [1.54, 1.807) is 0 Å². The van der Waals surface area contributed by atoms with Gasteiger partial charge in [0.1, 0.15) is 23.1 Å². The fourth-order valence-corrected chi connectivity index (χ4v) is 4.09. The van der Waals surface area contributed by atoms with E-state index in [2.05, 4.69) is 28.1 Å². The minimum atomic E-state index is -0.390. The number of aromatic amines is 1. The fourth-order valence-electron chi connectivity index (χ4n) is 3.91. The van der Waals surface area contributed by atoms with Crippen LogP contribution in [0.4, 0.5) is 0 Å². The number of hydrogen-bond donors (Lipinski definition) is 1. The van der Waals surface area contributed by atoms with E-state index >= 15 is 0 Å². The molecule has 30 heavy (non-hydrogen) atoms. The van der Waals surface area contributed by atoms with E-state index in [0.29, 0.717) is 17.4 Å². The first kappa shape index (κ1) is 18.9. The van der Waals surface area contributed by atoms with E-state index in [1.165, 1.54) is 34.9 Å². The molecule has 1 fully saturated rings. The van der Waals surface area contributed by atoms with Gasteiger partial charge in [-0.3, -0.25) is 9.89 Å². The smallest absolute Gasteiger partial charge is 0.293 e. The summed E-state index contributed by atoms with van der Waals surface area (Å²) >= 11 is 6.34. The average molecular weight is 421 g/mol. The van der Waals surface area contributed by atoms with Crippen molar-refractivity contribution in [2.24, 2.45) is 0 Å². The number of aryl methyl sites for hydroxylation is 1. The van der Waals surface area contributed by atoms with Crippen LogP contribution in [0.5, 0.6) is 5.75 Å². The molecule has 2 aromatic heterocycles. The first-order chi connectivity index (χ1) is 14.6. The molecule has 1 N–H and O–H groups in total. The normalized spacial score (nSPS) is 14.1. The van der Waals surface area contributed by atoms with E-state index in [4.69, 9.17) is 16.3 Å². The van der Waals surface area contributed by atoms with Crippen LogP contribution >= 0.6 is 11.6 Å². The molecule has 6 nitrogen and oxygen atoms in total. The number of fused-ring (bicyclic) bond motifs is 1. The van der Waals surface area contributed by atoms with Gasteiger partial charge in [-0.1, -0.05) is 60.5 Å². The Labute approximate surface area is 178 Å². The largest absolute Gasteiger partial charge is 0.487 e. The van der Waals surface area contributed by atoms with Gasteiger partial charge in [-0.15, -0.1) is 0 Å². The number of aromatic nitrogens is 4. The number of nitrogens with zero attached hydrogens (tertiary/aromatic N) is 3. The lowest BCUT2D eigenvalue weighted by atomic mass is 9.78. The Bertz CT molecular complexity index is 1280. The third-order valence-corrected chi connectivity index (χ3v) is 6.10. The molecule has 1 saturated carbocycles. The molecule has 1 aliphatic carbocycles. The summed E-state index contributed by atoms with van der Waals surface area (Å²) in [6, 6.07) is 15.6. The van der Waals surface area contributed by atoms with Gasteiger partial charge in [-0.25, -0.2) is 4.98 Å². The van der Waals surface area contributed by atoms with Gasteiger partial charge in [0.25, 0.3) is 11.3 Å². The predicted octanol–water partition coefficient (Wildman–Crippen LogP) is 4.89. The summed E-state index contributed by atoms with van der Waals surface area (Å²) in [5.74, 6) is 2.20. The summed E-state index contributed by atoms with van der Waals surface area (Å²) < 4.78 is 7.37. The van der Waals surface area contributed by atoms with Crippen LogP contribution < -0.4 is 10.3 Å². The maximum Gasteiger partial charge on any atom is 0.293 e. The molecule has 4 aromatic rings. The van der Waals surface area contributed by atoms with Crippen LogP contribution in [-0.2, 0) is 6.61 Å². The van der Waals surface area contributed by atoms with E-state index in [1.807, 2.05) is 42.5 Å². The molecule has 2 heterocycles. The third kappa shape index (κ3) is 3.27. The maximum atomic E-state index is 12.8. The van der Waals surface area contributed by atoms with Gasteiger partial charge in [-0.2, -0.15) is 9.50 Å². The summed E-state index contributed by atoms with van der Waals surface area (Å²) in [5.41, 5.74) is 3.34. The second-order valence-electron chi connectivity index (χ2n) is 7.65. The van der Waals surface area contributed by atoms with Crippen molar-refractivity contribution in [2.75, 3.05) is 0 Å². The zero-order valence-corrected chi connectivity index (χ0v) is 17.3. The molecule has 0 spiro atoms. The number of benzene rings is 2. The molecular weight excluding hydrogens is 400 g/mol. The molecule has 0 amide bonds. The number of H-pyrrole nitrogens is 1. The van der Waals surface area contributed by atoms with Crippen molar-refractivity contribution in [1.82, 2.24) is 19.6 Å². The van der Waals surface area contributed by atoms with Crippen molar-refractivity contribution in [1.29, 1.82) is 0 Å². The second kappa shape index (κ2) is 7.61. The molecule has 0 radical (unpaired) electrons. The third-order valence-electron chi connectivity index (χ3n) is 5.72. The first-order valence-corrected chi connectivity index (χ1v) is 10.4. The molecule has 5 rings (SSSR count).